The predicted molar refractivity (Wildman–Crippen MR) is 83.8 cm³/mol. The van der Waals surface area contributed by atoms with Crippen molar-refractivity contribution in [2.45, 2.75) is 56.4 Å². The van der Waals surface area contributed by atoms with Crippen LogP contribution in [0.3, 0.4) is 0 Å². The van der Waals surface area contributed by atoms with Crippen molar-refractivity contribution in [2.75, 3.05) is 0 Å². The van der Waals surface area contributed by atoms with Crippen molar-refractivity contribution in [3.63, 3.8) is 0 Å². The zero-order valence-corrected chi connectivity index (χ0v) is 13.2. The lowest BCUT2D eigenvalue weighted by Crippen LogP contribution is -2.44. The molecule has 2 nitrogen and oxygen atoms in total. The van der Waals surface area contributed by atoms with Crippen LogP contribution in [0.1, 0.15) is 49.7 Å². The Balaban J connectivity index is 1.71. The Kier molecular flexibility index (Phi) is 3.07. The monoisotopic (exact) mass is 306 g/mol. The predicted octanol–water partition coefficient (Wildman–Crippen LogP) is 3.83. The average molecular weight is 307 g/mol. The summed E-state index contributed by atoms with van der Waals surface area (Å²) in [7, 11) is 0. The normalized spacial score (nSPS) is 44.8. The van der Waals surface area contributed by atoms with Gasteiger partial charge in [-0.25, -0.2) is 0 Å². The number of phenolic OH excluding ortho intramolecular Hbond substituents is 1. The van der Waals surface area contributed by atoms with E-state index in [0.29, 0.717) is 23.5 Å². The van der Waals surface area contributed by atoms with E-state index in [1.807, 2.05) is 12.1 Å². The van der Waals surface area contributed by atoms with Gasteiger partial charge in [-0.05, 0) is 78.5 Å². The van der Waals surface area contributed by atoms with Gasteiger partial charge >= 0.3 is 0 Å². The van der Waals surface area contributed by atoms with Crippen molar-refractivity contribution in [3.8, 4) is 5.75 Å². The molecule has 2 fully saturated rings. The molecular weight excluding hydrogens is 284 g/mol. The quantitative estimate of drug-likeness (QED) is 0.715. The average Bonchev–Trinajstić information content (AvgIpc) is 2.70. The number of phenols is 1. The SMILES string of the molecule is C[C@]12CC[C@@H]3c4ccc(O)cc4CC[C@H]3[C@@H]1C[C@@H](Cl)[C@H]2O. The van der Waals surface area contributed by atoms with Crippen LogP contribution in [-0.2, 0) is 6.42 Å². The van der Waals surface area contributed by atoms with Crippen LogP contribution >= 0.6 is 11.6 Å². The van der Waals surface area contributed by atoms with Crippen molar-refractivity contribution >= 4 is 11.6 Å². The Morgan fingerprint density at radius 3 is 2.90 bits per heavy atom. The number of aliphatic hydroxyl groups excluding tert-OH is 1. The van der Waals surface area contributed by atoms with Crippen LogP contribution in [0.25, 0.3) is 0 Å². The van der Waals surface area contributed by atoms with Crippen molar-refractivity contribution in [1.82, 2.24) is 0 Å². The topological polar surface area (TPSA) is 40.5 Å². The Morgan fingerprint density at radius 2 is 2.10 bits per heavy atom. The molecule has 0 aliphatic heterocycles. The zero-order valence-electron chi connectivity index (χ0n) is 12.4. The van der Waals surface area contributed by atoms with Crippen molar-refractivity contribution in [2.24, 2.45) is 17.3 Å². The number of halogens is 1. The molecule has 3 aliphatic rings. The third-order valence-corrected chi connectivity index (χ3v) is 7.06. The molecule has 2 N–H and O–H groups in total. The second kappa shape index (κ2) is 4.63. The first kappa shape index (κ1) is 13.9. The van der Waals surface area contributed by atoms with Crippen LogP contribution in [-0.4, -0.2) is 21.7 Å². The number of hydrogen-bond donors (Lipinski definition) is 2. The van der Waals surface area contributed by atoms with E-state index < -0.39 is 0 Å². The summed E-state index contributed by atoms with van der Waals surface area (Å²) in [6.45, 7) is 2.24. The maximum atomic E-state index is 10.5. The fraction of sp³-hybridized carbons (Fsp3) is 0.667. The Bertz CT molecular complexity index is 572. The maximum absolute atomic E-state index is 10.5. The lowest BCUT2D eigenvalue weighted by Gasteiger charge is -2.50. The van der Waals surface area contributed by atoms with E-state index in [1.54, 1.807) is 0 Å². The van der Waals surface area contributed by atoms with Crippen LogP contribution in [0.4, 0.5) is 0 Å². The molecular formula is C18H23ClO2. The van der Waals surface area contributed by atoms with E-state index in [0.717, 1.165) is 32.1 Å². The minimum Gasteiger partial charge on any atom is -0.508 e. The lowest BCUT2D eigenvalue weighted by molar-refractivity contribution is -0.0219. The molecule has 3 aliphatic carbocycles. The van der Waals surface area contributed by atoms with Gasteiger partial charge in [-0.15, -0.1) is 11.6 Å². The molecule has 0 saturated heterocycles. The number of benzene rings is 1. The second-order valence-electron chi connectivity index (χ2n) is 7.54. The van der Waals surface area contributed by atoms with E-state index in [4.69, 9.17) is 11.6 Å². The molecule has 0 unspecified atom stereocenters. The van der Waals surface area contributed by atoms with Gasteiger partial charge in [0.05, 0.1) is 11.5 Å². The van der Waals surface area contributed by atoms with Gasteiger partial charge in [-0.1, -0.05) is 13.0 Å². The Morgan fingerprint density at radius 1 is 1.29 bits per heavy atom. The number of alkyl halides is 1. The van der Waals surface area contributed by atoms with Gasteiger partial charge in [0.2, 0.25) is 0 Å². The van der Waals surface area contributed by atoms with Gasteiger partial charge in [-0.3, -0.25) is 0 Å². The number of aryl methyl sites for hydroxylation is 1. The van der Waals surface area contributed by atoms with Gasteiger partial charge in [0, 0.05) is 0 Å². The van der Waals surface area contributed by atoms with Crippen LogP contribution in [0.5, 0.6) is 5.75 Å². The highest BCUT2D eigenvalue weighted by atomic mass is 35.5. The largest absolute Gasteiger partial charge is 0.508 e. The van der Waals surface area contributed by atoms with E-state index >= 15 is 0 Å². The third-order valence-electron chi connectivity index (χ3n) is 6.65. The Hall–Kier alpha value is -0.730. The molecule has 0 radical (unpaired) electrons. The minimum atomic E-state index is -0.355. The van der Waals surface area contributed by atoms with Crippen LogP contribution in [0.15, 0.2) is 18.2 Å². The van der Waals surface area contributed by atoms with Crippen LogP contribution in [0, 0.1) is 17.3 Å². The molecule has 0 bridgehead atoms. The van der Waals surface area contributed by atoms with Crippen LogP contribution in [0.2, 0.25) is 0 Å². The van der Waals surface area contributed by atoms with Crippen molar-refractivity contribution in [1.29, 1.82) is 0 Å². The number of rotatable bonds is 0. The lowest BCUT2D eigenvalue weighted by atomic mass is 9.55. The van der Waals surface area contributed by atoms with E-state index in [2.05, 4.69) is 13.0 Å². The van der Waals surface area contributed by atoms with E-state index in [-0.39, 0.29) is 16.9 Å². The summed E-state index contributed by atoms with van der Waals surface area (Å²) in [5.74, 6) is 2.14. The Labute approximate surface area is 131 Å². The fourth-order valence-corrected chi connectivity index (χ4v) is 5.99. The summed E-state index contributed by atoms with van der Waals surface area (Å²) >= 11 is 6.40. The standard InChI is InChI=1S/C18H23ClO2/c1-18-7-6-13-12-5-3-11(20)8-10(12)2-4-14(13)15(18)9-16(19)17(18)21/h3,5,8,13-17,20-21H,2,4,6-7,9H2,1H3/t13-,14-,15+,16-,17-,18+/m1/s1. The summed E-state index contributed by atoms with van der Waals surface area (Å²) in [4.78, 5) is 0. The van der Waals surface area contributed by atoms with E-state index in [9.17, 15) is 10.2 Å². The summed E-state index contributed by atoms with van der Waals surface area (Å²) in [6, 6.07) is 5.88. The molecule has 1 aromatic rings. The van der Waals surface area contributed by atoms with Crippen molar-refractivity contribution < 1.29 is 10.2 Å². The number of aliphatic hydroxyl groups is 1. The summed E-state index contributed by atoms with van der Waals surface area (Å²) in [6.07, 6.45) is 5.00. The second-order valence-corrected chi connectivity index (χ2v) is 8.10. The summed E-state index contributed by atoms with van der Waals surface area (Å²) in [5, 5.41) is 20.1. The zero-order chi connectivity index (χ0) is 14.8. The van der Waals surface area contributed by atoms with Crippen LogP contribution < -0.4 is 0 Å². The van der Waals surface area contributed by atoms with Crippen molar-refractivity contribution in [3.05, 3.63) is 29.3 Å². The highest BCUT2D eigenvalue weighted by Gasteiger charge is 2.57. The number of fused-ring (bicyclic) bond motifs is 5. The molecule has 6 atom stereocenters. The fourth-order valence-electron chi connectivity index (χ4n) is 5.51. The molecule has 0 aromatic heterocycles. The molecule has 0 heterocycles. The van der Waals surface area contributed by atoms with Gasteiger partial charge in [-0.2, -0.15) is 0 Å². The van der Waals surface area contributed by atoms with Gasteiger partial charge in [0.25, 0.3) is 0 Å². The molecule has 0 amide bonds. The maximum Gasteiger partial charge on any atom is 0.115 e. The highest BCUT2D eigenvalue weighted by molar-refractivity contribution is 6.21. The van der Waals surface area contributed by atoms with Gasteiger partial charge in [0.1, 0.15) is 5.75 Å². The first-order valence-electron chi connectivity index (χ1n) is 8.14. The summed E-state index contributed by atoms with van der Waals surface area (Å²) < 4.78 is 0. The summed E-state index contributed by atoms with van der Waals surface area (Å²) in [5.41, 5.74) is 2.75. The number of aromatic hydroxyl groups is 1. The molecule has 114 valence electrons. The molecule has 4 rings (SSSR count). The highest BCUT2D eigenvalue weighted by Crippen LogP contribution is 2.61. The third kappa shape index (κ3) is 1.88. The smallest absolute Gasteiger partial charge is 0.115 e. The molecule has 0 spiro atoms. The molecule has 21 heavy (non-hydrogen) atoms. The minimum absolute atomic E-state index is 0.00199. The molecule has 3 heteroatoms. The molecule has 2 saturated carbocycles. The van der Waals surface area contributed by atoms with Gasteiger partial charge in [0.15, 0.2) is 0 Å². The number of hydrogen-bond acceptors (Lipinski definition) is 2. The van der Waals surface area contributed by atoms with Gasteiger partial charge < -0.3 is 10.2 Å². The first-order valence-corrected chi connectivity index (χ1v) is 8.58. The van der Waals surface area contributed by atoms with E-state index in [1.165, 1.54) is 11.1 Å². The molecule has 1 aromatic carbocycles. The first-order chi connectivity index (χ1) is 10.0.